The molecule has 0 fully saturated rings. The summed E-state index contributed by atoms with van der Waals surface area (Å²) in [6.07, 6.45) is 13.0. The van der Waals surface area contributed by atoms with Crippen LogP contribution in [0.1, 0.15) is 75.3 Å². The number of nitriles is 1. The molecule has 0 spiro atoms. The number of hydrogen-bond acceptors (Lipinski definition) is 2. The molecule has 2 aliphatic carbocycles. The average molecular weight is 378 g/mol. The van der Waals surface area contributed by atoms with Crippen LogP contribution in [0.15, 0.2) is 52.5 Å². The highest BCUT2D eigenvalue weighted by Crippen LogP contribution is 2.47. The van der Waals surface area contributed by atoms with E-state index in [0.29, 0.717) is 17.1 Å². The van der Waals surface area contributed by atoms with E-state index in [2.05, 4.69) is 70.2 Å². The maximum atomic E-state index is 9.59. The quantitative estimate of drug-likeness (QED) is 0.512. The largest absolute Gasteiger partial charge is 0.192 e. The predicted octanol–water partition coefficient (Wildman–Crippen LogP) is 7.51. The molecule has 3 rings (SSSR count). The number of hydrogen-bond donors (Lipinski definition) is 0. The molecule has 0 radical (unpaired) electrons. The van der Waals surface area contributed by atoms with Crippen molar-refractivity contribution in [3.63, 3.8) is 0 Å². The first-order valence-corrected chi connectivity index (χ1v) is 11.2. The van der Waals surface area contributed by atoms with Gasteiger partial charge in [-0.1, -0.05) is 49.8 Å². The number of rotatable bonds is 6. The normalized spacial score (nSPS) is 20.7. The molecule has 0 bridgehead atoms. The summed E-state index contributed by atoms with van der Waals surface area (Å²) in [4.78, 5) is 1.49. The van der Waals surface area contributed by atoms with Gasteiger partial charge in [-0.25, -0.2) is 0 Å². The molecule has 0 saturated heterocycles. The lowest BCUT2D eigenvalue weighted by Gasteiger charge is -2.26. The van der Waals surface area contributed by atoms with Gasteiger partial charge in [-0.05, 0) is 79.5 Å². The Morgan fingerprint density at radius 1 is 1.30 bits per heavy atom. The summed E-state index contributed by atoms with van der Waals surface area (Å²) in [7, 11) is 0. The average Bonchev–Trinajstić information content (AvgIpc) is 3.14. The van der Waals surface area contributed by atoms with Crippen molar-refractivity contribution in [1.29, 1.82) is 5.26 Å². The molecular weight excluding hydrogens is 346 g/mol. The topological polar surface area (TPSA) is 23.8 Å². The van der Waals surface area contributed by atoms with Crippen molar-refractivity contribution in [2.75, 3.05) is 0 Å². The number of thioether (sulfide) groups is 1. The van der Waals surface area contributed by atoms with E-state index in [1.54, 1.807) is 11.1 Å². The standard InChI is InChI=1S/C25H31NS/c1-5-25(24-11-7-9-19-8-6-10-23(19)24)27-18(4)20-12-13-21(14-17(2)3)22(15-20)16-26/h5,7,9,12-13,15,17-18,24H,6,8,10-11,14H2,1-4H3/b25-5-. The molecule has 0 N–H and O–H groups in total. The predicted molar refractivity (Wildman–Crippen MR) is 118 cm³/mol. The van der Waals surface area contributed by atoms with Gasteiger partial charge >= 0.3 is 0 Å². The van der Waals surface area contributed by atoms with E-state index in [-0.39, 0.29) is 0 Å². The molecule has 2 atom stereocenters. The van der Waals surface area contributed by atoms with Crippen molar-refractivity contribution < 1.29 is 0 Å². The van der Waals surface area contributed by atoms with E-state index >= 15 is 0 Å². The van der Waals surface area contributed by atoms with Crippen LogP contribution in [0.3, 0.4) is 0 Å². The Bertz CT molecular complexity index is 819. The van der Waals surface area contributed by atoms with Crippen LogP contribution in [0.2, 0.25) is 0 Å². The molecule has 0 aromatic heterocycles. The van der Waals surface area contributed by atoms with Gasteiger partial charge in [0, 0.05) is 11.2 Å². The van der Waals surface area contributed by atoms with Gasteiger partial charge in [0.15, 0.2) is 0 Å². The Hall–Kier alpha value is -1.72. The van der Waals surface area contributed by atoms with Crippen LogP contribution in [-0.2, 0) is 6.42 Å². The van der Waals surface area contributed by atoms with Gasteiger partial charge < -0.3 is 0 Å². The highest BCUT2D eigenvalue weighted by molar-refractivity contribution is 8.03. The number of nitrogens with zero attached hydrogens (tertiary/aromatic N) is 1. The van der Waals surface area contributed by atoms with Crippen molar-refractivity contribution in [3.8, 4) is 6.07 Å². The van der Waals surface area contributed by atoms with Gasteiger partial charge in [-0.3, -0.25) is 0 Å². The van der Waals surface area contributed by atoms with Crippen LogP contribution in [-0.4, -0.2) is 0 Å². The third-order valence-corrected chi connectivity index (χ3v) is 7.13. The molecule has 1 aromatic rings. The van der Waals surface area contributed by atoms with Gasteiger partial charge in [0.2, 0.25) is 0 Å². The Balaban J connectivity index is 1.77. The first-order chi connectivity index (χ1) is 13.0. The fourth-order valence-electron chi connectivity index (χ4n) is 4.35. The van der Waals surface area contributed by atoms with Crippen LogP contribution in [0.4, 0.5) is 0 Å². The monoisotopic (exact) mass is 377 g/mol. The van der Waals surface area contributed by atoms with Crippen molar-refractivity contribution >= 4 is 11.8 Å². The Kier molecular flexibility index (Phi) is 6.66. The summed E-state index contributed by atoms with van der Waals surface area (Å²) in [5.74, 6) is 1.14. The third-order valence-electron chi connectivity index (χ3n) is 5.71. The summed E-state index contributed by atoms with van der Waals surface area (Å²) < 4.78 is 0. The minimum Gasteiger partial charge on any atom is -0.192 e. The van der Waals surface area contributed by atoms with Gasteiger partial charge in [0.1, 0.15) is 0 Å². The maximum absolute atomic E-state index is 9.59. The summed E-state index contributed by atoms with van der Waals surface area (Å²) in [6.45, 7) is 8.86. The second-order valence-electron chi connectivity index (χ2n) is 8.17. The maximum Gasteiger partial charge on any atom is 0.0994 e. The van der Waals surface area contributed by atoms with Gasteiger partial charge in [0.05, 0.1) is 11.6 Å². The summed E-state index contributed by atoms with van der Waals surface area (Å²) in [6, 6.07) is 8.93. The molecule has 0 saturated carbocycles. The summed E-state index contributed by atoms with van der Waals surface area (Å²) in [5, 5.41) is 9.94. The van der Waals surface area contributed by atoms with E-state index in [4.69, 9.17) is 0 Å². The third kappa shape index (κ3) is 4.58. The molecule has 0 aliphatic heterocycles. The molecule has 1 aromatic carbocycles. The smallest absolute Gasteiger partial charge is 0.0994 e. The Morgan fingerprint density at radius 2 is 2.11 bits per heavy atom. The summed E-state index contributed by atoms with van der Waals surface area (Å²) >= 11 is 1.98. The molecule has 142 valence electrons. The highest BCUT2D eigenvalue weighted by atomic mass is 32.2. The number of allylic oxidation sites excluding steroid dienone is 6. The number of benzene rings is 1. The zero-order chi connectivity index (χ0) is 19.4. The van der Waals surface area contributed by atoms with Crippen molar-refractivity contribution in [2.45, 2.75) is 65.0 Å². The Morgan fingerprint density at radius 3 is 2.81 bits per heavy atom. The van der Waals surface area contributed by atoms with Crippen molar-refractivity contribution in [1.82, 2.24) is 0 Å². The van der Waals surface area contributed by atoms with E-state index in [1.165, 1.54) is 35.3 Å². The molecule has 0 amide bonds. The molecular formula is C25H31NS. The fraction of sp³-hybridized carbons (Fsp3) is 0.480. The lowest BCUT2D eigenvalue weighted by molar-refractivity contribution is 0.646. The van der Waals surface area contributed by atoms with E-state index in [0.717, 1.165) is 18.4 Å². The van der Waals surface area contributed by atoms with Crippen LogP contribution < -0.4 is 0 Å². The zero-order valence-corrected chi connectivity index (χ0v) is 17.9. The van der Waals surface area contributed by atoms with Crippen LogP contribution in [0.25, 0.3) is 0 Å². The van der Waals surface area contributed by atoms with Gasteiger partial charge in [0.25, 0.3) is 0 Å². The molecule has 2 heteroatoms. The van der Waals surface area contributed by atoms with E-state index < -0.39 is 0 Å². The first-order valence-electron chi connectivity index (χ1n) is 10.3. The molecule has 0 heterocycles. The molecule has 2 aliphatic rings. The summed E-state index contributed by atoms with van der Waals surface area (Å²) in [5.41, 5.74) is 6.55. The highest BCUT2D eigenvalue weighted by Gasteiger charge is 2.27. The first kappa shape index (κ1) is 20.0. The molecule has 2 unspecified atom stereocenters. The Labute approximate surface area is 169 Å². The lowest BCUT2D eigenvalue weighted by atomic mass is 9.88. The van der Waals surface area contributed by atoms with Crippen molar-refractivity contribution in [2.24, 2.45) is 11.8 Å². The van der Waals surface area contributed by atoms with Crippen LogP contribution in [0.5, 0.6) is 0 Å². The second kappa shape index (κ2) is 8.98. The SMILES string of the molecule is C/C=C(\SC(C)c1ccc(CC(C)C)c(C#N)c1)C1CC=CC2=C1CCC2. The molecule has 27 heavy (non-hydrogen) atoms. The zero-order valence-electron chi connectivity index (χ0n) is 17.1. The van der Waals surface area contributed by atoms with Gasteiger partial charge in [-0.2, -0.15) is 5.26 Å². The minimum absolute atomic E-state index is 0.354. The lowest BCUT2D eigenvalue weighted by Crippen LogP contribution is -2.09. The minimum atomic E-state index is 0.354. The van der Waals surface area contributed by atoms with Gasteiger partial charge in [-0.15, -0.1) is 11.8 Å². The fourth-order valence-corrected chi connectivity index (χ4v) is 5.58. The van der Waals surface area contributed by atoms with E-state index in [1.807, 2.05) is 11.8 Å². The van der Waals surface area contributed by atoms with E-state index in [9.17, 15) is 5.26 Å². The van der Waals surface area contributed by atoms with Crippen molar-refractivity contribution in [3.05, 3.63) is 69.2 Å². The van der Waals surface area contributed by atoms with Crippen LogP contribution >= 0.6 is 11.8 Å². The molecule has 1 nitrogen and oxygen atoms in total. The second-order valence-corrected chi connectivity index (χ2v) is 9.59. The van der Waals surface area contributed by atoms with Crippen LogP contribution in [0, 0.1) is 23.2 Å².